The number of carbonyl (C=O) groups excluding carboxylic acids is 2. The molecule has 0 spiro atoms. The van der Waals surface area contributed by atoms with E-state index in [9.17, 15) is 22.4 Å². The Morgan fingerprint density at radius 2 is 1.73 bits per heavy atom. The zero-order valence-corrected chi connectivity index (χ0v) is 17.4. The smallest absolute Gasteiger partial charge is 0.254 e. The molecular formula is C21H24FN3O4S. The van der Waals surface area contributed by atoms with Crippen molar-refractivity contribution in [2.45, 2.75) is 30.2 Å². The van der Waals surface area contributed by atoms with Gasteiger partial charge in [-0.25, -0.2) is 12.8 Å². The van der Waals surface area contributed by atoms with Crippen molar-refractivity contribution in [1.82, 2.24) is 9.21 Å². The average molecular weight is 434 g/mol. The zero-order valence-electron chi connectivity index (χ0n) is 16.6. The number of rotatable bonds is 6. The maximum Gasteiger partial charge on any atom is 0.254 e. The molecule has 1 atom stereocenters. The van der Waals surface area contributed by atoms with E-state index in [1.54, 1.807) is 0 Å². The van der Waals surface area contributed by atoms with Crippen molar-refractivity contribution in [3.8, 4) is 0 Å². The number of halogens is 1. The standard InChI is InChI=1S/C21H24FN3O4S/c1-24(19(20(23)26)15-7-5-9-17(22)13-15)21(27)16-8-6-10-18(14-16)30(28,29)25-11-3-2-4-12-25/h5-10,13-14,19H,2-4,11-12H2,1H3,(H2,23,26). The van der Waals surface area contributed by atoms with Gasteiger partial charge in [0.15, 0.2) is 0 Å². The second kappa shape index (κ2) is 8.93. The quantitative estimate of drug-likeness (QED) is 0.755. The number of primary amides is 1. The van der Waals surface area contributed by atoms with Crippen LogP contribution >= 0.6 is 0 Å². The number of likely N-dealkylation sites (N-methyl/N-ethyl adjacent to an activating group) is 1. The van der Waals surface area contributed by atoms with Gasteiger partial charge in [0.05, 0.1) is 4.90 Å². The van der Waals surface area contributed by atoms with Gasteiger partial charge in [-0.15, -0.1) is 0 Å². The van der Waals surface area contributed by atoms with Gasteiger partial charge in [-0.05, 0) is 48.7 Å². The Morgan fingerprint density at radius 3 is 2.37 bits per heavy atom. The lowest BCUT2D eigenvalue weighted by molar-refractivity contribution is -0.122. The average Bonchev–Trinajstić information content (AvgIpc) is 2.74. The van der Waals surface area contributed by atoms with Gasteiger partial charge in [0, 0.05) is 25.7 Å². The van der Waals surface area contributed by atoms with Crippen molar-refractivity contribution < 1.29 is 22.4 Å². The first-order valence-corrected chi connectivity index (χ1v) is 11.1. The fourth-order valence-electron chi connectivity index (χ4n) is 3.62. The highest BCUT2D eigenvalue weighted by Crippen LogP contribution is 2.25. The fraction of sp³-hybridized carbons (Fsp3) is 0.333. The number of piperidine rings is 1. The minimum absolute atomic E-state index is 0.0185. The molecule has 1 heterocycles. The first kappa shape index (κ1) is 21.9. The van der Waals surface area contributed by atoms with Gasteiger partial charge >= 0.3 is 0 Å². The lowest BCUT2D eigenvalue weighted by atomic mass is 10.0. The highest BCUT2D eigenvalue weighted by molar-refractivity contribution is 7.89. The number of hydrogen-bond acceptors (Lipinski definition) is 4. The zero-order chi connectivity index (χ0) is 21.9. The van der Waals surface area contributed by atoms with E-state index in [0.29, 0.717) is 13.1 Å². The lowest BCUT2D eigenvalue weighted by Gasteiger charge is -2.27. The van der Waals surface area contributed by atoms with Crippen molar-refractivity contribution in [3.63, 3.8) is 0 Å². The van der Waals surface area contributed by atoms with Crippen LogP contribution in [0.2, 0.25) is 0 Å². The number of hydrogen-bond donors (Lipinski definition) is 1. The Balaban J connectivity index is 1.90. The second-order valence-corrected chi connectivity index (χ2v) is 9.21. The first-order chi connectivity index (χ1) is 14.2. The van der Waals surface area contributed by atoms with Crippen LogP contribution in [0.25, 0.3) is 0 Å². The molecule has 1 aliphatic heterocycles. The Labute approximate surface area is 175 Å². The Kier molecular flexibility index (Phi) is 6.52. The molecule has 0 radical (unpaired) electrons. The van der Waals surface area contributed by atoms with Crippen LogP contribution in [-0.4, -0.2) is 49.6 Å². The van der Waals surface area contributed by atoms with Crippen LogP contribution < -0.4 is 5.73 Å². The maximum atomic E-state index is 13.6. The number of carbonyl (C=O) groups is 2. The van der Waals surface area contributed by atoms with Crippen LogP contribution in [0.4, 0.5) is 4.39 Å². The molecule has 1 saturated heterocycles. The van der Waals surface area contributed by atoms with E-state index in [-0.39, 0.29) is 16.0 Å². The summed E-state index contributed by atoms with van der Waals surface area (Å²) in [5, 5.41) is 0. The summed E-state index contributed by atoms with van der Waals surface area (Å²) < 4.78 is 40.9. The van der Waals surface area contributed by atoms with Gasteiger partial charge in [-0.2, -0.15) is 4.31 Å². The molecule has 3 rings (SSSR count). The van der Waals surface area contributed by atoms with Gasteiger partial charge in [0.2, 0.25) is 15.9 Å². The molecule has 0 bridgehead atoms. The second-order valence-electron chi connectivity index (χ2n) is 7.27. The highest BCUT2D eigenvalue weighted by atomic mass is 32.2. The molecule has 0 aliphatic carbocycles. The van der Waals surface area contributed by atoms with Crippen molar-refractivity contribution >= 4 is 21.8 Å². The Bertz CT molecular complexity index is 1050. The molecule has 2 aromatic rings. The van der Waals surface area contributed by atoms with Crippen LogP contribution in [0.15, 0.2) is 53.4 Å². The summed E-state index contributed by atoms with van der Waals surface area (Å²) in [4.78, 5) is 26.2. The van der Waals surface area contributed by atoms with E-state index in [1.807, 2.05) is 0 Å². The van der Waals surface area contributed by atoms with Crippen LogP contribution in [0.1, 0.15) is 41.2 Å². The van der Waals surface area contributed by atoms with Gasteiger partial charge in [-0.3, -0.25) is 9.59 Å². The first-order valence-electron chi connectivity index (χ1n) is 9.64. The predicted molar refractivity (Wildman–Crippen MR) is 109 cm³/mol. The minimum atomic E-state index is -3.72. The van der Waals surface area contributed by atoms with Gasteiger partial charge < -0.3 is 10.6 Å². The van der Waals surface area contributed by atoms with E-state index < -0.39 is 33.7 Å². The van der Waals surface area contributed by atoms with E-state index in [2.05, 4.69) is 0 Å². The monoisotopic (exact) mass is 433 g/mol. The van der Waals surface area contributed by atoms with Crippen molar-refractivity contribution in [2.24, 2.45) is 5.73 Å². The maximum absolute atomic E-state index is 13.6. The van der Waals surface area contributed by atoms with E-state index in [1.165, 1.54) is 53.8 Å². The molecule has 0 aromatic heterocycles. The van der Waals surface area contributed by atoms with Crippen LogP contribution in [0, 0.1) is 5.82 Å². The Hall–Kier alpha value is -2.78. The normalized spacial score (nSPS) is 16.1. The lowest BCUT2D eigenvalue weighted by Crippen LogP contribution is -2.39. The third-order valence-corrected chi connectivity index (χ3v) is 7.07. The summed E-state index contributed by atoms with van der Waals surface area (Å²) in [6, 6.07) is 9.77. The van der Waals surface area contributed by atoms with Gasteiger partial charge in [-0.1, -0.05) is 24.6 Å². The molecule has 7 nitrogen and oxygen atoms in total. The number of nitrogens with two attached hydrogens (primary N) is 1. The van der Waals surface area contributed by atoms with Crippen LogP contribution in [-0.2, 0) is 14.8 Å². The summed E-state index contributed by atoms with van der Waals surface area (Å²) in [6.45, 7) is 0.896. The third-order valence-electron chi connectivity index (χ3n) is 5.18. The molecular weight excluding hydrogens is 409 g/mol. The van der Waals surface area contributed by atoms with Gasteiger partial charge in [0.1, 0.15) is 11.9 Å². The molecule has 9 heteroatoms. The summed E-state index contributed by atoms with van der Waals surface area (Å²) >= 11 is 0. The molecule has 160 valence electrons. The minimum Gasteiger partial charge on any atom is -0.368 e. The molecule has 30 heavy (non-hydrogen) atoms. The van der Waals surface area contributed by atoms with Crippen molar-refractivity contribution in [2.75, 3.05) is 20.1 Å². The molecule has 1 unspecified atom stereocenters. The number of amides is 2. The molecule has 1 fully saturated rings. The fourth-order valence-corrected chi connectivity index (χ4v) is 5.18. The number of benzene rings is 2. The van der Waals surface area contributed by atoms with E-state index in [4.69, 9.17) is 5.73 Å². The summed E-state index contributed by atoms with van der Waals surface area (Å²) in [7, 11) is -2.35. The largest absolute Gasteiger partial charge is 0.368 e. The molecule has 2 aromatic carbocycles. The number of nitrogens with zero attached hydrogens (tertiary/aromatic N) is 2. The highest BCUT2D eigenvalue weighted by Gasteiger charge is 2.30. The third kappa shape index (κ3) is 4.52. The van der Waals surface area contributed by atoms with Crippen LogP contribution in [0.5, 0.6) is 0 Å². The molecule has 2 N–H and O–H groups in total. The van der Waals surface area contributed by atoms with Crippen molar-refractivity contribution in [3.05, 3.63) is 65.5 Å². The Morgan fingerprint density at radius 1 is 1.07 bits per heavy atom. The van der Waals surface area contributed by atoms with E-state index in [0.717, 1.165) is 30.2 Å². The van der Waals surface area contributed by atoms with E-state index >= 15 is 0 Å². The summed E-state index contributed by atoms with van der Waals surface area (Å²) in [5.74, 6) is -1.98. The number of sulfonamides is 1. The molecule has 2 amide bonds. The SMILES string of the molecule is CN(C(=O)c1cccc(S(=O)(=O)N2CCCCC2)c1)C(C(N)=O)c1cccc(F)c1. The summed E-state index contributed by atoms with van der Waals surface area (Å²) in [6.07, 6.45) is 2.59. The molecule has 0 saturated carbocycles. The molecule has 1 aliphatic rings. The summed E-state index contributed by atoms with van der Waals surface area (Å²) in [5.41, 5.74) is 5.80. The predicted octanol–water partition coefficient (Wildman–Crippen LogP) is 2.30. The van der Waals surface area contributed by atoms with Crippen LogP contribution in [0.3, 0.4) is 0 Å². The van der Waals surface area contributed by atoms with Gasteiger partial charge in [0.25, 0.3) is 5.91 Å². The van der Waals surface area contributed by atoms with Crippen molar-refractivity contribution in [1.29, 1.82) is 0 Å². The topological polar surface area (TPSA) is 101 Å².